The maximum absolute atomic E-state index is 12.1. The molecule has 1 aromatic rings. The van der Waals surface area contributed by atoms with Crippen LogP contribution in [0.3, 0.4) is 0 Å². The number of carbonyl (C=O) groups is 1. The first kappa shape index (κ1) is 22.9. The zero-order valence-corrected chi connectivity index (χ0v) is 17.2. The number of oxime groups is 3. The molecule has 9 nitrogen and oxygen atoms in total. The quantitative estimate of drug-likeness (QED) is 0.374. The van der Waals surface area contributed by atoms with Crippen molar-refractivity contribution in [2.45, 2.75) is 39.9 Å². The Morgan fingerprint density at radius 1 is 1.14 bits per heavy atom. The van der Waals surface area contributed by atoms with Crippen LogP contribution in [-0.4, -0.2) is 50.6 Å². The molecule has 0 aliphatic heterocycles. The van der Waals surface area contributed by atoms with Gasteiger partial charge in [0, 0.05) is 18.2 Å². The SMILES string of the molecule is CCC(C)OC(=NOC)C(C)=NOCc1ccccc1C(=NOC)C(=O)NC. The summed E-state index contributed by atoms with van der Waals surface area (Å²) in [5, 5.41) is 14.2. The molecule has 0 aliphatic carbocycles. The molecule has 1 unspecified atom stereocenters. The average Bonchev–Trinajstić information content (AvgIpc) is 2.71. The van der Waals surface area contributed by atoms with Crippen molar-refractivity contribution >= 4 is 23.2 Å². The molecule has 1 N–H and O–H groups in total. The summed E-state index contributed by atoms with van der Waals surface area (Å²) >= 11 is 0. The van der Waals surface area contributed by atoms with Gasteiger partial charge >= 0.3 is 0 Å². The Balaban J connectivity index is 2.98. The summed E-state index contributed by atoms with van der Waals surface area (Å²) in [7, 11) is 4.33. The number of rotatable bonds is 10. The topological polar surface area (TPSA) is 103 Å². The molecular formula is C19H28N4O5. The largest absolute Gasteiger partial charge is 0.471 e. The van der Waals surface area contributed by atoms with E-state index in [0.717, 1.165) is 6.42 Å². The second-order valence-electron chi connectivity index (χ2n) is 5.72. The molecule has 9 heteroatoms. The van der Waals surface area contributed by atoms with Crippen molar-refractivity contribution < 1.29 is 24.0 Å². The highest BCUT2D eigenvalue weighted by Crippen LogP contribution is 2.13. The van der Waals surface area contributed by atoms with E-state index in [1.54, 1.807) is 19.1 Å². The van der Waals surface area contributed by atoms with Gasteiger partial charge in [-0.3, -0.25) is 4.79 Å². The van der Waals surface area contributed by atoms with Gasteiger partial charge in [0.25, 0.3) is 11.8 Å². The highest BCUT2D eigenvalue weighted by atomic mass is 16.6. The minimum absolute atomic E-state index is 0.0415. The number of hydrogen-bond donors (Lipinski definition) is 1. The summed E-state index contributed by atoms with van der Waals surface area (Å²) in [5.74, 6) is -0.123. The molecule has 1 atom stereocenters. The smallest absolute Gasteiger partial charge is 0.275 e. The second kappa shape index (κ2) is 12.3. The predicted molar refractivity (Wildman–Crippen MR) is 107 cm³/mol. The zero-order chi connectivity index (χ0) is 20.9. The fraction of sp³-hybridized carbons (Fsp3) is 0.474. The third-order valence-electron chi connectivity index (χ3n) is 3.69. The highest BCUT2D eigenvalue weighted by molar-refractivity contribution is 6.45. The highest BCUT2D eigenvalue weighted by Gasteiger charge is 2.17. The Kier molecular flexibility index (Phi) is 10.1. The zero-order valence-electron chi connectivity index (χ0n) is 17.2. The van der Waals surface area contributed by atoms with Crippen LogP contribution in [0.4, 0.5) is 0 Å². The van der Waals surface area contributed by atoms with E-state index < -0.39 is 0 Å². The molecular weight excluding hydrogens is 364 g/mol. The molecule has 0 saturated carbocycles. The number of hydrogen-bond acceptors (Lipinski definition) is 8. The maximum Gasteiger partial charge on any atom is 0.275 e. The van der Waals surface area contributed by atoms with Crippen molar-refractivity contribution in [2.75, 3.05) is 21.3 Å². The molecule has 0 spiro atoms. The van der Waals surface area contributed by atoms with Crippen LogP contribution >= 0.6 is 0 Å². The fourth-order valence-corrected chi connectivity index (χ4v) is 2.07. The summed E-state index contributed by atoms with van der Waals surface area (Å²) in [6.07, 6.45) is 0.769. The Morgan fingerprint density at radius 3 is 2.43 bits per heavy atom. The molecule has 0 saturated heterocycles. The van der Waals surface area contributed by atoms with E-state index in [1.807, 2.05) is 26.0 Å². The molecule has 0 aromatic heterocycles. The maximum atomic E-state index is 12.1. The third kappa shape index (κ3) is 6.90. The van der Waals surface area contributed by atoms with Crippen LogP contribution in [-0.2, 0) is 30.7 Å². The lowest BCUT2D eigenvalue weighted by Gasteiger charge is -2.13. The minimum atomic E-state index is -0.370. The standard InChI is InChI=1S/C19H28N4O5/c1-7-13(2)28-19(23-26-6)14(3)21-27-12-15-10-8-9-11-16(15)17(22-25-5)18(24)20-4/h8-11,13H,7,12H2,1-6H3,(H,20,24). The molecule has 154 valence electrons. The van der Waals surface area contributed by atoms with Gasteiger partial charge in [0.05, 0.1) is 6.10 Å². The van der Waals surface area contributed by atoms with E-state index in [4.69, 9.17) is 19.2 Å². The van der Waals surface area contributed by atoms with Crippen molar-refractivity contribution in [3.63, 3.8) is 0 Å². The average molecular weight is 392 g/mol. The Hall–Kier alpha value is -3.10. The van der Waals surface area contributed by atoms with E-state index >= 15 is 0 Å². The van der Waals surface area contributed by atoms with E-state index in [1.165, 1.54) is 21.3 Å². The monoisotopic (exact) mass is 392 g/mol. The van der Waals surface area contributed by atoms with Crippen LogP contribution in [0.15, 0.2) is 39.7 Å². The summed E-state index contributed by atoms with van der Waals surface area (Å²) in [6, 6.07) is 7.20. The van der Waals surface area contributed by atoms with Crippen molar-refractivity contribution in [2.24, 2.45) is 15.5 Å². The fourth-order valence-electron chi connectivity index (χ4n) is 2.07. The molecule has 0 bridgehead atoms. The molecule has 0 radical (unpaired) electrons. The molecule has 1 rings (SSSR count). The summed E-state index contributed by atoms with van der Waals surface area (Å²) in [4.78, 5) is 27.1. The van der Waals surface area contributed by atoms with Gasteiger partial charge in [-0.15, -0.1) is 0 Å². The minimum Gasteiger partial charge on any atom is -0.471 e. The Morgan fingerprint density at radius 2 is 1.82 bits per heavy atom. The van der Waals surface area contributed by atoms with Crippen LogP contribution in [0, 0.1) is 0 Å². The number of likely N-dealkylation sites (N-methyl/N-ethyl adjacent to an activating group) is 1. The predicted octanol–water partition coefficient (Wildman–Crippen LogP) is 2.45. The van der Waals surface area contributed by atoms with Crippen LogP contribution in [0.25, 0.3) is 0 Å². The second-order valence-corrected chi connectivity index (χ2v) is 5.72. The number of nitrogens with one attached hydrogen (secondary N) is 1. The van der Waals surface area contributed by atoms with Gasteiger partial charge < -0.3 is 24.6 Å². The Bertz CT molecular complexity index is 731. The van der Waals surface area contributed by atoms with Crippen molar-refractivity contribution in [1.29, 1.82) is 0 Å². The van der Waals surface area contributed by atoms with Crippen molar-refractivity contribution in [1.82, 2.24) is 5.32 Å². The van der Waals surface area contributed by atoms with Crippen LogP contribution in [0.2, 0.25) is 0 Å². The summed E-state index contributed by atoms with van der Waals surface area (Å²) < 4.78 is 5.67. The molecule has 28 heavy (non-hydrogen) atoms. The third-order valence-corrected chi connectivity index (χ3v) is 3.69. The molecule has 1 aromatic carbocycles. The summed E-state index contributed by atoms with van der Waals surface area (Å²) in [5.41, 5.74) is 1.87. The number of nitrogens with zero attached hydrogens (tertiary/aromatic N) is 3. The van der Waals surface area contributed by atoms with Crippen LogP contribution in [0.1, 0.15) is 38.3 Å². The number of benzene rings is 1. The molecule has 0 heterocycles. The lowest BCUT2D eigenvalue weighted by atomic mass is 10.0. The van der Waals surface area contributed by atoms with Crippen molar-refractivity contribution in [3.05, 3.63) is 35.4 Å². The normalized spacial score (nSPS) is 13.6. The van der Waals surface area contributed by atoms with Gasteiger partial charge in [0.1, 0.15) is 26.5 Å². The van der Waals surface area contributed by atoms with Crippen LogP contribution in [0.5, 0.6) is 0 Å². The van der Waals surface area contributed by atoms with E-state index in [9.17, 15) is 4.79 Å². The van der Waals surface area contributed by atoms with Gasteiger partial charge in [-0.25, -0.2) is 0 Å². The first-order chi connectivity index (χ1) is 13.5. The lowest BCUT2D eigenvalue weighted by Crippen LogP contribution is -2.29. The first-order valence-electron chi connectivity index (χ1n) is 8.84. The van der Waals surface area contributed by atoms with E-state index in [2.05, 4.69) is 20.8 Å². The van der Waals surface area contributed by atoms with Gasteiger partial charge in [-0.2, -0.15) is 0 Å². The van der Waals surface area contributed by atoms with Crippen molar-refractivity contribution in [3.8, 4) is 0 Å². The first-order valence-corrected chi connectivity index (χ1v) is 8.84. The van der Waals surface area contributed by atoms with Gasteiger partial charge in [0.2, 0.25) is 0 Å². The molecule has 0 fully saturated rings. The van der Waals surface area contributed by atoms with Gasteiger partial charge in [-0.05, 0) is 25.4 Å². The number of ether oxygens (including phenoxy) is 1. The van der Waals surface area contributed by atoms with Gasteiger partial charge in [-0.1, -0.05) is 41.5 Å². The Labute approximate surface area is 165 Å². The summed E-state index contributed by atoms with van der Waals surface area (Å²) in [6.45, 7) is 5.73. The van der Waals surface area contributed by atoms with Gasteiger partial charge in [0.15, 0.2) is 5.71 Å². The molecule has 0 aliphatic rings. The van der Waals surface area contributed by atoms with E-state index in [0.29, 0.717) is 16.8 Å². The molecule has 1 amide bonds. The number of carbonyl (C=O) groups excluding carboxylic acids is 1. The van der Waals surface area contributed by atoms with E-state index in [-0.39, 0.29) is 30.2 Å². The van der Waals surface area contributed by atoms with Crippen LogP contribution < -0.4 is 5.32 Å². The number of amides is 1. The lowest BCUT2D eigenvalue weighted by molar-refractivity contribution is -0.114.